The van der Waals surface area contributed by atoms with Crippen molar-refractivity contribution in [2.24, 2.45) is 0 Å². The summed E-state index contributed by atoms with van der Waals surface area (Å²) < 4.78 is 5.56. The number of ether oxygens (including phenoxy) is 1. The van der Waals surface area contributed by atoms with E-state index in [1.807, 2.05) is 50.2 Å². The zero-order chi connectivity index (χ0) is 25.5. The van der Waals surface area contributed by atoms with Gasteiger partial charge in [-0.15, -0.1) is 0 Å². The first-order valence-corrected chi connectivity index (χ1v) is 11.6. The van der Waals surface area contributed by atoms with E-state index in [4.69, 9.17) is 4.74 Å². The molecule has 1 aliphatic carbocycles. The number of carboxylic acids is 1. The van der Waals surface area contributed by atoms with Gasteiger partial charge in [0.15, 0.2) is 0 Å². The van der Waals surface area contributed by atoms with Crippen LogP contribution in [0, 0.1) is 0 Å². The first-order valence-electron chi connectivity index (χ1n) is 11.6. The van der Waals surface area contributed by atoms with Crippen LogP contribution in [0.1, 0.15) is 37.3 Å². The van der Waals surface area contributed by atoms with Gasteiger partial charge < -0.3 is 25.4 Å². The quantitative estimate of drug-likeness (QED) is 0.451. The van der Waals surface area contributed by atoms with Crippen LogP contribution in [0.2, 0.25) is 0 Å². The fourth-order valence-electron chi connectivity index (χ4n) is 4.19. The minimum atomic E-state index is -1.14. The third kappa shape index (κ3) is 6.70. The van der Waals surface area contributed by atoms with Crippen molar-refractivity contribution in [3.05, 3.63) is 71.3 Å². The third-order valence-corrected chi connectivity index (χ3v) is 5.88. The van der Waals surface area contributed by atoms with Gasteiger partial charge in [0.2, 0.25) is 5.91 Å². The van der Waals surface area contributed by atoms with Gasteiger partial charge in [-0.2, -0.15) is 0 Å². The van der Waals surface area contributed by atoms with Crippen LogP contribution in [-0.2, 0) is 14.3 Å². The lowest BCUT2D eigenvalue weighted by atomic mass is 9.98. The average Bonchev–Trinajstić information content (AvgIpc) is 3.13. The van der Waals surface area contributed by atoms with Crippen LogP contribution >= 0.6 is 0 Å². The number of likely N-dealkylation sites (N-methyl/N-ethyl adjacent to an activating group) is 1. The molecule has 0 saturated heterocycles. The Kier molecular flexibility index (Phi) is 8.65. The molecule has 0 bridgehead atoms. The standard InChI is InChI=1S/C27H33N3O5/c1-17(2)13-14-23(26(32)33)28-25(31)24(15-30(3)4)29-27(34)35-16-22-20-11-7-5-9-18(20)19-10-6-8-12-21(19)22/h5-13,22-24H,14-16H2,1-4H3,(H,28,31)(H,29,34)(H,32,33)/t23?,24-/m0/s1. The largest absolute Gasteiger partial charge is 0.480 e. The van der Waals surface area contributed by atoms with E-state index in [0.717, 1.165) is 27.8 Å². The van der Waals surface area contributed by atoms with Gasteiger partial charge in [-0.1, -0.05) is 60.2 Å². The average molecular weight is 480 g/mol. The van der Waals surface area contributed by atoms with Gasteiger partial charge in [0, 0.05) is 12.5 Å². The molecule has 8 nitrogen and oxygen atoms in total. The molecule has 2 aromatic rings. The number of carbonyl (C=O) groups excluding carboxylic acids is 2. The van der Waals surface area contributed by atoms with E-state index < -0.39 is 30.1 Å². The molecule has 3 rings (SSSR count). The Morgan fingerprint density at radius 1 is 0.971 bits per heavy atom. The van der Waals surface area contributed by atoms with Gasteiger partial charge in [-0.3, -0.25) is 4.79 Å². The number of amides is 2. The molecule has 3 N–H and O–H groups in total. The number of allylic oxidation sites excluding steroid dienone is 1. The summed E-state index contributed by atoms with van der Waals surface area (Å²) >= 11 is 0. The lowest BCUT2D eigenvalue weighted by Gasteiger charge is -2.24. The number of carboxylic acid groups (broad SMARTS) is 1. The number of rotatable bonds is 10. The Hall–Kier alpha value is -3.65. The van der Waals surface area contributed by atoms with E-state index in [0.29, 0.717) is 0 Å². The molecule has 0 saturated carbocycles. The minimum Gasteiger partial charge on any atom is -0.480 e. The molecule has 0 aromatic heterocycles. The Morgan fingerprint density at radius 3 is 2.06 bits per heavy atom. The molecular weight excluding hydrogens is 446 g/mol. The van der Waals surface area contributed by atoms with Gasteiger partial charge in [-0.05, 0) is 56.6 Å². The molecule has 1 aliphatic rings. The van der Waals surface area contributed by atoms with Crippen LogP contribution in [0.25, 0.3) is 11.1 Å². The molecular formula is C27H33N3O5. The van der Waals surface area contributed by atoms with Crippen molar-refractivity contribution in [3.8, 4) is 11.1 Å². The second-order valence-electron chi connectivity index (χ2n) is 9.20. The smallest absolute Gasteiger partial charge is 0.407 e. The van der Waals surface area contributed by atoms with Crippen molar-refractivity contribution in [2.75, 3.05) is 27.2 Å². The number of carbonyl (C=O) groups is 3. The van der Waals surface area contributed by atoms with E-state index in [9.17, 15) is 19.5 Å². The zero-order valence-corrected chi connectivity index (χ0v) is 20.6. The van der Waals surface area contributed by atoms with Gasteiger partial charge in [0.05, 0.1) is 0 Å². The topological polar surface area (TPSA) is 108 Å². The highest BCUT2D eigenvalue weighted by molar-refractivity contribution is 5.89. The molecule has 186 valence electrons. The van der Waals surface area contributed by atoms with E-state index in [1.165, 1.54) is 0 Å². The van der Waals surface area contributed by atoms with E-state index in [2.05, 4.69) is 22.8 Å². The van der Waals surface area contributed by atoms with Gasteiger partial charge in [0.1, 0.15) is 18.7 Å². The number of hydrogen-bond acceptors (Lipinski definition) is 5. The number of fused-ring (bicyclic) bond motifs is 3. The maximum absolute atomic E-state index is 12.9. The summed E-state index contributed by atoms with van der Waals surface area (Å²) in [6.07, 6.45) is 1.17. The molecule has 0 heterocycles. The predicted octanol–water partition coefficient (Wildman–Crippen LogP) is 3.38. The number of benzene rings is 2. The highest BCUT2D eigenvalue weighted by atomic mass is 16.5. The van der Waals surface area contributed by atoms with Gasteiger partial charge in [0.25, 0.3) is 0 Å². The molecule has 0 fully saturated rings. The number of nitrogens with one attached hydrogen (secondary N) is 2. The van der Waals surface area contributed by atoms with Crippen LogP contribution in [0.3, 0.4) is 0 Å². The van der Waals surface area contributed by atoms with Crippen molar-refractivity contribution < 1.29 is 24.2 Å². The number of hydrogen-bond donors (Lipinski definition) is 3. The summed E-state index contributed by atoms with van der Waals surface area (Å²) in [5.41, 5.74) is 5.38. The molecule has 2 aromatic carbocycles. The van der Waals surface area contributed by atoms with Gasteiger partial charge in [-0.25, -0.2) is 9.59 Å². The minimum absolute atomic E-state index is 0.102. The first-order chi connectivity index (χ1) is 16.7. The number of alkyl carbamates (subject to hydrolysis) is 1. The summed E-state index contributed by atoms with van der Waals surface area (Å²) in [6, 6.07) is 14.0. The normalized spacial score (nSPS) is 13.9. The van der Waals surface area contributed by atoms with Crippen molar-refractivity contribution in [1.82, 2.24) is 15.5 Å². The maximum Gasteiger partial charge on any atom is 0.407 e. The summed E-state index contributed by atoms with van der Waals surface area (Å²) in [7, 11) is 3.52. The second-order valence-corrected chi connectivity index (χ2v) is 9.20. The predicted molar refractivity (Wildman–Crippen MR) is 134 cm³/mol. The summed E-state index contributed by atoms with van der Waals surface area (Å²) in [4.78, 5) is 38.9. The fourth-order valence-corrected chi connectivity index (χ4v) is 4.19. The molecule has 0 radical (unpaired) electrons. The van der Waals surface area contributed by atoms with Crippen LogP contribution in [0.15, 0.2) is 60.2 Å². The second kappa shape index (κ2) is 11.7. The Labute approximate surface area is 206 Å². The molecule has 2 amide bonds. The number of aliphatic carboxylic acids is 1. The van der Waals surface area contributed by atoms with Crippen LogP contribution in [-0.4, -0.2) is 67.3 Å². The molecule has 2 atom stereocenters. The molecule has 0 aliphatic heterocycles. The van der Waals surface area contributed by atoms with Crippen molar-refractivity contribution in [2.45, 2.75) is 38.3 Å². The molecule has 1 unspecified atom stereocenters. The summed E-state index contributed by atoms with van der Waals surface area (Å²) in [5, 5.41) is 14.6. The zero-order valence-electron chi connectivity index (χ0n) is 20.6. The lowest BCUT2D eigenvalue weighted by Crippen LogP contribution is -2.55. The molecule has 0 spiro atoms. The lowest BCUT2D eigenvalue weighted by molar-refractivity contribution is -0.142. The van der Waals surface area contributed by atoms with E-state index in [1.54, 1.807) is 25.1 Å². The molecule has 35 heavy (non-hydrogen) atoms. The van der Waals surface area contributed by atoms with E-state index >= 15 is 0 Å². The van der Waals surface area contributed by atoms with Crippen LogP contribution < -0.4 is 10.6 Å². The monoisotopic (exact) mass is 479 g/mol. The van der Waals surface area contributed by atoms with Crippen molar-refractivity contribution in [3.63, 3.8) is 0 Å². The first kappa shape index (κ1) is 26.0. The maximum atomic E-state index is 12.9. The Balaban J connectivity index is 1.66. The fraction of sp³-hybridized carbons (Fsp3) is 0.370. The van der Waals surface area contributed by atoms with Gasteiger partial charge >= 0.3 is 12.1 Å². The highest BCUT2D eigenvalue weighted by Crippen LogP contribution is 2.44. The number of nitrogens with zero attached hydrogens (tertiary/aromatic N) is 1. The Bertz CT molecular complexity index is 1060. The van der Waals surface area contributed by atoms with Crippen molar-refractivity contribution >= 4 is 18.0 Å². The van der Waals surface area contributed by atoms with Crippen LogP contribution in [0.4, 0.5) is 4.79 Å². The summed E-state index contributed by atoms with van der Waals surface area (Å²) in [6.45, 7) is 4.02. The summed E-state index contributed by atoms with van der Waals surface area (Å²) in [5.74, 6) is -1.82. The highest BCUT2D eigenvalue weighted by Gasteiger charge is 2.30. The van der Waals surface area contributed by atoms with Crippen molar-refractivity contribution in [1.29, 1.82) is 0 Å². The molecule has 8 heteroatoms. The Morgan fingerprint density at radius 2 is 1.54 bits per heavy atom. The SMILES string of the molecule is CC(C)=CCC(NC(=O)[C@H](CN(C)C)NC(=O)OCC1c2ccccc2-c2ccccc21)C(=O)O. The third-order valence-electron chi connectivity index (χ3n) is 5.88. The van der Waals surface area contributed by atoms with Crippen LogP contribution in [0.5, 0.6) is 0 Å². The van der Waals surface area contributed by atoms with E-state index in [-0.39, 0.29) is 25.5 Å².